The van der Waals surface area contributed by atoms with Crippen LogP contribution in [0.1, 0.15) is 18.2 Å². The standard InChI is InChI=1S/C12H18N4O2S2/c1-3-6-16-9-11(12(13)14-16)20(17,18)15(2)8-10-5-4-7-19-10/h4-5,7,9H,3,6,8H2,1-2H3,(H2,13,14). The summed E-state index contributed by atoms with van der Waals surface area (Å²) in [5, 5.41) is 5.96. The molecule has 0 unspecified atom stereocenters. The maximum Gasteiger partial charge on any atom is 0.248 e. The summed E-state index contributed by atoms with van der Waals surface area (Å²) in [6.07, 6.45) is 2.37. The Morgan fingerprint density at radius 2 is 2.25 bits per heavy atom. The predicted molar refractivity (Wildman–Crippen MR) is 79.9 cm³/mol. The molecule has 0 bridgehead atoms. The van der Waals surface area contributed by atoms with Crippen LogP contribution in [-0.2, 0) is 23.1 Å². The summed E-state index contributed by atoms with van der Waals surface area (Å²) in [7, 11) is -2.06. The molecule has 0 fully saturated rings. The van der Waals surface area contributed by atoms with E-state index in [4.69, 9.17) is 5.73 Å². The summed E-state index contributed by atoms with van der Waals surface area (Å²) in [5.41, 5.74) is 5.73. The molecule has 8 heteroatoms. The number of thiophene rings is 1. The van der Waals surface area contributed by atoms with Crippen LogP contribution in [0.3, 0.4) is 0 Å². The summed E-state index contributed by atoms with van der Waals surface area (Å²) in [4.78, 5) is 1.06. The van der Waals surface area contributed by atoms with Crippen molar-refractivity contribution in [1.29, 1.82) is 0 Å². The first-order valence-corrected chi connectivity index (χ1v) is 8.58. The molecule has 2 aromatic heterocycles. The van der Waals surface area contributed by atoms with Crippen molar-refractivity contribution >= 4 is 27.2 Å². The van der Waals surface area contributed by atoms with E-state index < -0.39 is 10.0 Å². The lowest BCUT2D eigenvalue weighted by Crippen LogP contribution is -2.26. The van der Waals surface area contributed by atoms with Crippen LogP contribution >= 0.6 is 11.3 Å². The summed E-state index contributed by atoms with van der Waals surface area (Å²) in [6.45, 7) is 2.97. The molecule has 0 aliphatic heterocycles. The third kappa shape index (κ3) is 3.02. The zero-order valence-corrected chi connectivity index (χ0v) is 13.1. The number of sulfonamides is 1. The Balaban J connectivity index is 2.25. The summed E-state index contributed by atoms with van der Waals surface area (Å²) in [5.74, 6) is 0.0523. The van der Waals surface area contributed by atoms with Crippen molar-refractivity contribution < 1.29 is 8.42 Å². The van der Waals surface area contributed by atoms with Gasteiger partial charge in [0.05, 0.1) is 0 Å². The Labute approximate surface area is 122 Å². The van der Waals surface area contributed by atoms with E-state index in [1.807, 2.05) is 24.4 Å². The number of nitrogens with zero attached hydrogens (tertiary/aromatic N) is 3. The van der Waals surface area contributed by atoms with Crippen molar-refractivity contribution in [2.24, 2.45) is 0 Å². The smallest absolute Gasteiger partial charge is 0.248 e. The minimum atomic E-state index is -3.61. The minimum Gasteiger partial charge on any atom is -0.381 e. The Kier molecular flexibility index (Phi) is 4.46. The molecular formula is C12H18N4O2S2. The van der Waals surface area contributed by atoms with Crippen molar-refractivity contribution in [3.8, 4) is 0 Å². The van der Waals surface area contributed by atoms with Crippen LogP contribution in [0.4, 0.5) is 5.82 Å². The number of nitrogen functional groups attached to an aromatic ring is 1. The maximum absolute atomic E-state index is 12.5. The van der Waals surface area contributed by atoms with Crippen LogP contribution in [-0.4, -0.2) is 29.6 Å². The molecule has 0 saturated carbocycles. The van der Waals surface area contributed by atoms with Gasteiger partial charge in [0.1, 0.15) is 4.90 Å². The molecule has 20 heavy (non-hydrogen) atoms. The molecule has 0 atom stereocenters. The Bertz CT molecular complexity index is 662. The van der Waals surface area contributed by atoms with E-state index in [-0.39, 0.29) is 10.7 Å². The van der Waals surface area contributed by atoms with Gasteiger partial charge in [-0.3, -0.25) is 4.68 Å². The molecule has 2 rings (SSSR count). The van der Waals surface area contributed by atoms with Crippen molar-refractivity contribution in [2.75, 3.05) is 12.8 Å². The molecule has 0 aliphatic rings. The van der Waals surface area contributed by atoms with Gasteiger partial charge in [-0.1, -0.05) is 13.0 Å². The third-order valence-corrected chi connectivity index (χ3v) is 5.54. The Morgan fingerprint density at radius 1 is 1.50 bits per heavy atom. The second-order valence-electron chi connectivity index (χ2n) is 4.48. The third-order valence-electron chi connectivity index (χ3n) is 2.85. The maximum atomic E-state index is 12.5. The number of aromatic nitrogens is 2. The van der Waals surface area contributed by atoms with Gasteiger partial charge >= 0.3 is 0 Å². The van der Waals surface area contributed by atoms with Gasteiger partial charge in [-0.15, -0.1) is 11.3 Å². The topological polar surface area (TPSA) is 81.2 Å². The van der Waals surface area contributed by atoms with Crippen molar-refractivity contribution in [2.45, 2.75) is 31.3 Å². The molecule has 0 aliphatic carbocycles. The first-order valence-electron chi connectivity index (χ1n) is 6.26. The zero-order valence-electron chi connectivity index (χ0n) is 11.5. The molecule has 2 aromatic rings. The first-order chi connectivity index (χ1) is 9.45. The van der Waals surface area contributed by atoms with Crippen molar-refractivity contribution in [1.82, 2.24) is 14.1 Å². The zero-order chi connectivity index (χ0) is 14.8. The molecule has 6 nitrogen and oxygen atoms in total. The fraction of sp³-hybridized carbons (Fsp3) is 0.417. The predicted octanol–water partition coefficient (Wildman–Crippen LogP) is 1.76. The van der Waals surface area contributed by atoms with Gasteiger partial charge in [0.15, 0.2) is 5.82 Å². The second kappa shape index (κ2) is 5.94. The number of hydrogen-bond acceptors (Lipinski definition) is 5. The number of anilines is 1. The van der Waals surface area contributed by atoms with Crippen LogP contribution < -0.4 is 5.73 Å². The Morgan fingerprint density at radius 3 is 2.85 bits per heavy atom. The highest BCUT2D eigenvalue weighted by Crippen LogP contribution is 2.22. The number of nitrogens with two attached hydrogens (primary N) is 1. The average Bonchev–Trinajstić information content (AvgIpc) is 2.99. The molecule has 2 heterocycles. The average molecular weight is 314 g/mol. The fourth-order valence-electron chi connectivity index (χ4n) is 1.84. The van der Waals surface area contributed by atoms with E-state index in [0.29, 0.717) is 13.1 Å². The normalized spacial score (nSPS) is 12.2. The van der Waals surface area contributed by atoms with Gasteiger partial charge < -0.3 is 5.73 Å². The molecule has 110 valence electrons. The lowest BCUT2D eigenvalue weighted by Gasteiger charge is -2.15. The van der Waals surface area contributed by atoms with Gasteiger partial charge in [-0.25, -0.2) is 8.42 Å². The fourth-order valence-corrected chi connectivity index (χ4v) is 3.88. The van der Waals surface area contributed by atoms with Gasteiger partial charge in [0.2, 0.25) is 10.0 Å². The van der Waals surface area contributed by atoms with Crippen LogP contribution in [0.2, 0.25) is 0 Å². The van der Waals surface area contributed by atoms with Crippen LogP contribution in [0.25, 0.3) is 0 Å². The van der Waals surface area contributed by atoms with Gasteiger partial charge in [-0.2, -0.15) is 9.40 Å². The molecule has 0 radical (unpaired) electrons. The summed E-state index contributed by atoms with van der Waals surface area (Å²) < 4.78 is 27.9. The first kappa shape index (κ1) is 15.0. The molecule has 0 aromatic carbocycles. The van der Waals surface area contributed by atoms with E-state index in [1.54, 1.807) is 11.7 Å². The Hall–Kier alpha value is -1.38. The van der Waals surface area contributed by atoms with Crippen LogP contribution in [0.15, 0.2) is 28.6 Å². The molecule has 2 N–H and O–H groups in total. The van der Waals surface area contributed by atoms with Gasteiger partial charge in [0, 0.05) is 31.2 Å². The number of aryl methyl sites for hydroxylation is 1. The quantitative estimate of drug-likeness (QED) is 0.881. The molecule has 0 saturated heterocycles. The highest BCUT2D eigenvalue weighted by atomic mass is 32.2. The van der Waals surface area contributed by atoms with Gasteiger partial charge in [-0.05, 0) is 17.9 Å². The highest BCUT2D eigenvalue weighted by Gasteiger charge is 2.26. The summed E-state index contributed by atoms with van der Waals surface area (Å²) in [6, 6.07) is 3.80. The SMILES string of the molecule is CCCn1cc(S(=O)(=O)N(C)Cc2cccs2)c(N)n1. The van der Waals surface area contributed by atoms with E-state index in [9.17, 15) is 8.42 Å². The van der Waals surface area contributed by atoms with E-state index in [1.165, 1.54) is 21.8 Å². The number of hydrogen-bond donors (Lipinski definition) is 1. The van der Waals surface area contributed by atoms with E-state index >= 15 is 0 Å². The highest BCUT2D eigenvalue weighted by molar-refractivity contribution is 7.89. The molecular weight excluding hydrogens is 296 g/mol. The molecule has 0 spiro atoms. The van der Waals surface area contributed by atoms with E-state index in [0.717, 1.165) is 11.3 Å². The lowest BCUT2D eigenvalue weighted by molar-refractivity contribution is 0.469. The second-order valence-corrected chi connectivity index (χ2v) is 7.53. The monoisotopic (exact) mass is 314 g/mol. The van der Waals surface area contributed by atoms with Gasteiger partial charge in [0.25, 0.3) is 0 Å². The number of rotatable bonds is 6. The minimum absolute atomic E-state index is 0.0523. The largest absolute Gasteiger partial charge is 0.381 e. The van der Waals surface area contributed by atoms with E-state index in [2.05, 4.69) is 5.10 Å². The summed E-state index contributed by atoms with van der Waals surface area (Å²) >= 11 is 1.52. The van der Waals surface area contributed by atoms with Crippen molar-refractivity contribution in [3.63, 3.8) is 0 Å². The van der Waals surface area contributed by atoms with Crippen LogP contribution in [0, 0.1) is 0 Å². The van der Waals surface area contributed by atoms with Crippen molar-refractivity contribution in [3.05, 3.63) is 28.6 Å². The van der Waals surface area contributed by atoms with Crippen LogP contribution in [0.5, 0.6) is 0 Å². The molecule has 0 amide bonds. The lowest BCUT2D eigenvalue weighted by atomic mass is 10.5.